The quantitative estimate of drug-likeness (QED) is 0.443. The van der Waals surface area contributed by atoms with Crippen molar-refractivity contribution in [2.75, 3.05) is 19.6 Å². The molecule has 3 atom stereocenters. The van der Waals surface area contributed by atoms with Gasteiger partial charge in [-0.05, 0) is 84.7 Å². The second-order valence-corrected chi connectivity index (χ2v) is 12.6. The molecule has 188 valence electrons. The van der Waals surface area contributed by atoms with Crippen molar-refractivity contribution in [3.63, 3.8) is 0 Å². The molecule has 3 aliphatic rings. The van der Waals surface area contributed by atoms with Crippen LogP contribution in [0.25, 0.3) is 11.1 Å². The lowest BCUT2D eigenvalue weighted by atomic mass is 9.87. The van der Waals surface area contributed by atoms with Gasteiger partial charge in [-0.1, -0.05) is 50.6 Å². The van der Waals surface area contributed by atoms with E-state index < -0.39 is 0 Å². The van der Waals surface area contributed by atoms with E-state index in [0.29, 0.717) is 23.3 Å². The zero-order valence-corrected chi connectivity index (χ0v) is 22.5. The summed E-state index contributed by atoms with van der Waals surface area (Å²) in [5.41, 5.74) is 5.06. The summed E-state index contributed by atoms with van der Waals surface area (Å²) >= 11 is 6.75. The molecule has 35 heavy (non-hydrogen) atoms. The van der Waals surface area contributed by atoms with Crippen LogP contribution >= 0.6 is 11.6 Å². The molecule has 0 spiro atoms. The van der Waals surface area contributed by atoms with Gasteiger partial charge < -0.3 is 4.90 Å². The molecule has 3 unspecified atom stereocenters. The number of carbonyl (C=O) groups is 1. The van der Waals surface area contributed by atoms with Crippen LogP contribution in [-0.2, 0) is 11.3 Å². The van der Waals surface area contributed by atoms with Gasteiger partial charge in [0.25, 0.3) is 0 Å². The summed E-state index contributed by atoms with van der Waals surface area (Å²) in [6.45, 7) is 14.3. The van der Waals surface area contributed by atoms with Crippen LogP contribution in [0.2, 0.25) is 5.02 Å². The van der Waals surface area contributed by atoms with Gasteiger partial charge >= 0.3 is 0 Å². The molecule has 0 N–H and O–H groups in total. The smallest absolute Gasteiger partial charge is 0.226 e. The van der Waals surface area contributed by atoms with Gasteiger partial charge in [0.1, 0.15) is 5.82 Å². The standard InChI is InChI=1S/C30H38ClFN2O/c1-18-16-33(12-13-34(18)29(35)20-6-7-20)17-22-9-11-27(32)28(19(22)2)21-8-10-23(26(31)14-21)24-15-25(24)30(3,4)5/h8-11,14,18,20,24-25H,6-7,12-13,15-17H2,1-5H3. The highest BCUT2D eigenvalue weighted by Crippen LogP contribution is 2.58. The first-order chi connectivity index (χ1) is 16.5. The normalized spacial score (nSPS) is 25.1. The number of hydrogen-bond acceptors (Lipinski definition) is 2. The molecule has 0 radical (unpaired) electrons. The van der Waals surface area contributed by atoms with Gasteiger partial charge in [-0.3, -0.25) is 9.69 Å². The van der Waals surface area contributed by atoms with E-state index in [0.717, 1.165) is 60.7 Å². The number of nitrogens with zero attached hydrogens (tertiary/aromatic N) is 2. The largest absolute Gasteiger partial charge is 0.337 e. The van der Waals surface area contributed by atoms with E-state index in [9.17, 15) is 4.79 Å². The molecule has 1 aliphatic heterocycles. The zero-order valence-electron chi connectivity index (χ0n) is 21.7. The number of halogens is 2. The summed E-state index contributed by atoms with van der Waals surface area (Å²) in [4.78, 5) is 17.0. The van der Waals surface area contributed by atoms with Crippen molar-refractivity contribution in [1.29, 1.82) is 0 Å². The summed E-state index contributed by atoms with van der Waals surface area (Å²) in [6.07, 6.45) is 3.27. The molecule has 1 amide bonds. The molecule has 2 aromatic rings. The van der Waals surface area contributed by atoms with E-state index in [1.165, 1.54) is 12.0 Å². The Morgan fingerprint density at radius 1 is 1.14 bits per heavy atom. The Morgan fingerprint density at radius 2 is 1.89 bits per heavy atom. The SMILES string of the molecule is Cc1c(CN2CCN(C(=O)C3CC3)C(C)C2)ccc(F)c1-c1ccc(C2CC2C(C)(C)C)c(Cl)c1. The molecule has 1 saturated heterocycles. The first-order valence-electron chi connectivity index (χ1n) is 13.1. The molecule has 2 aliphatic carbocycles. The van der Waals surface area contributed by atoms with Gasteiger partial charge in [0.05, 0.1) is 0 Å². The molecule has 2 saturated carbocycles. The van der Waals surface area contributed by atoms with Gasteiger partial charge in [-0.15, -0.1) is 0 Å². The fraction of sp³-hybridized carbons (Fsp3) is 0.567. The number of rotatable bonds is 5. The van der Waals surface area contributed by atoms with Crippen LogP contribution in [0.3, 0.4) is 0 Å². The first-order valence-corrected chi connectivity index (χ1v) is 13.5. The molecule has 5 rings (SSSR count). The molecule has 3 fully saturated rings. The minimum Gasteiger partial charge on any atom is -0.337 e. The Balaban J connectivity index is 1.32. The third-order valence-corrected chi connectivity index (χ3v) is 8.76. The Hall–Kier alpha value is -1.91. The predicted octanol–water partition coefficient (Wildman–Crippen LogP) is 7.05. The summed E-state index contributed by atoms with van der Waals surface area (Å²) in [5, 5.41) is 0.744. The summed E-state index contributed by atoms with van der Waals surface area (Å²) in [6, 6.07) is 9.81. The minimum atomic E-state index is -0.206. The van der Waals surface area contributed by atoms with Crippen LogP contribution in [-0.4, -0.2) is 41.4 Å². The molecular weight excluding hydrogens is 459 g/mol. The number of hydrogen-bond donors (Lipinski definition) is 0. The molecule has 5 heteroatoms. The fourth-order valence-corrected chi connectivity index (χ4v) is 6.36. The average Bonchev–Trinajstić information content (AvgIpc) is 3.68. The van der Waals surface area contributed by atoms with Crippen molar-refractivity contribution in [2.24, 2.45) is 17.3 Å². The third kappa shape index (κ3) is 5.02. The van der Waals surface area contributed by atoms with Gasteiger partial charge in [0.15, 0.2) is 0 Å². The molecule has 3 nitrogen and oxygen atoms in total. The lowest BCUT2D eigenvalue weighted by Crippen LogP contribution is -2.54. The molecule has 0 bridgehead atoms. The van der Waals surface area contributed by atoms with E-state index in [1.54, 1.807) is 6.07 Å². The number of benzene rings is 2. The lowest BCUT2D eigenvalue weighted by molar-refractivity contribution is -0.137. The maximum absolute atomic E-state index is 15.1. The lowest BCUT2D eigenvalue weighted by Gasteiger charge is -2.40. The van der Waals surface area contributed by atoms with Crippen molar-refractivity contribution >= 4 is 17.5 Å². The summed E-state index contributed by atoms with van der Waals surface area (Å²) in [5.74, 6) is 1.54. The van der Waals surface area contributed by atoms with Crippen LogP contribution in [0.1, 0.15) is 69.6 Å². The monoisotopic (exact) mass is 496 g/mol. The third-order valence-electron chi connectivity index (χ3n) is 8.43. The van der Waals surface area contributed by atoms with Gasteiger partial charge in [-0.25, -0.2) is 4.39 Å². The number of carbonyl (C=O) groups excluding carboxylic acids is 1. The van der Waals surface area contributed by atoms with Crippen LogP contribution in [0.5, 0.6) is 0 Å². The second kappa shape index (κ2) is 9.19. The second-order valence-electron chi connectivity index (χ2n) is 12.1. The van der Waals surface area contributed by atoms with Crippen LogP contribution in [0.15, 0.2) is 30.3 Å². The molecule has 1 heterocycles. The van der Waals surface area contributed by atoms with Gasteiger partial charge in [0.2, 0.25) is 5.91 Å². The Labute approximate surface area is 214 Å². The molecular formula is C30H38ClFN2O. The molecule has 2 aromatic carbocycles. The Kier molecular flexibility index (Phi) is 6.51. The van der Waals surface area contributed by atoms with Crippen molar-refractivity contribution in [2.45, 2.75) is 72.4 Å². The topological polar surface area (TPSA) is 23.6 Å². The highest BCUT2D eigenvalue weighted by molar-refractivity contribution is 6.31. The van der Waals surface area contributed by atoms with Crippen molar-refractivity contribution in [3.8, 4) is 11.1 Å². The maximum Gasteiger partial charge on any atom is 0.226 e. The van der Waals surface area contributed by atoms with Crippen molar-refractivity contribution < 1.29 is 9.18 Å². The minimum absolute atomic E-state index is 0.206. The maximum atomic E-state index is 15.1. The van der Waals surface area contributed by atoms with Crippen LogP contribution in [0, 0.1) is 30.0 Å². The Bertz CT molecular complexity index is 1140. The van der Waals surface area contributed by atoms with E-state index in [4.69, 9.17) is 11.6 Å². The number of piperazine rings is 1. The van der Waals surface area contributed by atoms with Gasteiger partial charge in [-0.2, -0.15) is 0 Å². The Morgan fingerprint density at radius 3 is 2.49 bits per heavy atom. The van der Waals surface area contributed by atoms with E-state index >= 15 is 4.39 Å². The van der Waals surface area contributed by atoms with Crippen LogP contribution < -0.4 is 0 Å². The predicted molar refractivity (Wildman–Crippen MR) is 141 cm³/mol. The van der Waals surface area contributed by atoms with Crippen LogP contribution in [0.4, 0.5) is 4.39 Å². The van der Waals surface area contributed by atoms with Gasteiger partial charge in [0, 0.05) is 48.7 Å². The highest BCUT2D eigenvalue weighted by atomic mass is 35.5. The van der Waals surface area contributed by atoms with E-state index in [2.05, 4.69) is 43.6 Å². The van der Waals surface area contributed by atoms with E-state index in [-0.39, 0.29) is 23.2 Å². The van der Waals surface area contributed by atoms with Crippen molar-refractivity contribution in [1.82, 2.24) is 9.80 Å². The zero-order chi connectivity index (χ0) is 25.1. The summed E-state index contributed by atoms with van der Waals surface area (Å²) in [7, 11) is 0. The molecule has 0 aromatic heterocycles. The highest BCUT2D eigenvalue weighted by Gasteiger charge is 2.46. The first kappa shape index (κ1) is 24.8. The average molecular weight is 497 g/mol. The summed E-state index contributed by atoms with van der Waals surface area (Å²) < 4.78 is 15.1. The number of amides is 1. The van der Waals surface area contributed by atoms with Crippen molar-refractivity contribution in [3.05, 3.63) is 57.9 Å². The fourth-order valence-electron chi connectivity index (χ4n) is 6.04. The van der Waals surface area contributed by atoms with E-state index in [1.807, 2.05) is 25.1 Å².